The number of nitrogens with zero attached hydrogens (tertiary/aromatic N) is 2. The van der Waals surface area contributed by atoms with Crippen LogP contribution in [0.25, 0.3) is 0 Å². The molecule has 1 fully saturated rings. The molecule has 6 heteroatoms. The first-order chi connectivity index (χ1) is 13.8. The maximum absolute atomic E-state index is 14.4. The van der Waals surface area contributed by atoms with Gasteiger partial charge in [0.1, 0.15) is 5.82 Å². The number of benzene rings is 1. The predicted octanol–water partition coefficient (Wildman–Crippen LogP) is 4.82. The molecule has 5 nitrogen and oxygen atoms in total. The number of ether oxygens (including phenoxy) is 1. The second kappa shape index (κ2) is 10.9. The van der Waals surface area contributed by atoms with Crippen molar-refractivity contribution in [3.63, 3.8) is 0 Å². The lowest BCUT2D eigenvalue weighted by atomic mass is 9.92. The zero-order chi connectivity index (χ0) is 21.3. The van der Waals surface area contributed by atoms with Crippen LogP contribution in [0.2, 0.25) is 0 Å². The van der Waals surface area contributed by atoms with E-state index in [0.29, 0.717) is 31.0 Å². The Labute approximate surface area is 173 Å². The van der Waals surface area contributed by atoms with Crippen LogP contribution in [-0.2, 0) is 9.53 Å². The monoisotopic (exact) mass is 401 g/mol. The molecule has 0 bridgehead atoms. The van der Waals surface area contributed by atoms with Gasteiger partial charge in [0.05, 0.1) is 12.3 Å². The highest BCUT2D eigenvalue weighted by Crippen LogP contribution is 2.25. The van der Waals surface area contributed by atoms with Gasteiger partial charge in [0.15, 0.2) is 0 Å². The molecule has 0 aliphatic carbocycles. The second-order valence-electron chi connectivity index (χ2n) is 8.36. The fourth-order valence-electron chi connectivity index (χ4n) is 2.95. The van der Waals surface area contributed by atoms with Crippen molar-refractivity contribution in [2.24, 2.45) is 5.41 Å². The standard InChI is InChI=1S/C17H26FN3O2.C6H6/c1-12-10-13(21-6-5-8-23-9-7-21)19-16(18)15(12)20-14(22)11-17(2,3)4;1-2-4-6-5-3-1/h10H,5-9,11H2,1-4H3,(H,20,22);1-6H. The van der Waals surface area contributed by atoms with Crippen LogP contribution in [0.4, 0.5) is 15.9 Å². The Hall–Kier alpha value is -2.47. The predicted molar refractivity (Wildman–Crippen MR) is 116 cm³/mol. The third-order valence-electron chi connectivity index (χ3n) is 4.33. The Morgan fingerprint density at radius 2 is 1.76 bits per heavy atom. The summed E-state index contributed by atoms with van der Waals surface area (Å²) in [6.07, 6.45) is 1.23. The first kappa shape index (κ1) is 22.8. The van der Waals surface area contributed by atoms with Crippen LogP contribution in [0.1, 0.15) is 39.2 Å². The van der Waals surface area contributed by atoms with E-state index in [0.717, 1.165) is 19.6 Å². The maximum atomic E-state index is 14.4. The van der Waals surface area contributed by atoms with Crippen LogP contribution in [0.5, 0.6) is 0 Å². The topological polar surface area (TPSA) is 54.5 Å². The molecule has 0 radical (unpaired) electrons. The molecule has 0 spiro atoms. The third kappa shape index (κ3) is 8.20. The molecule has 1 aromatic carbocycles. The zero-order valence-electron chi connectivity index (χ0n) is 17.9. The number of carbonyl (C=O) groups excluding carboxylic acids is 1. The minimum atomic E-state index is -0.632. The minimum absolute atomic E-state index is 0.145. The molecule has 1 amide bonds. The zero-order valence-corrected chi connectivity index (χ0v) is 17.9. The van der Waals surface area contributed by atoms with Gasteiger partial charge in [-0.15, -0.1) is 0 Å². The van der Waals surface area contributed by atoms with Gasteiger partial charge < -0.3 is 15.0 Å². The maximum Gasteiger partial charge on any atom is 0.238 e. The van der Waals surface area contributed by atoms with Gasteiger partial charge in [-0.3, -0.25) is 4.79 Å². The van der Waals surface area contributed by atoms with E-state index in [2.05, 4.69) is 10.3 Å². The Bertz CT molecular complexity index is 718. The van der Waals surface area contributed by atoms with E-state index in [4.69, 9.17) is 4.74 Å². The van der Waals surface area contributed by atoms with E-state index in [-0.39, 0.29) is 17.0 Å². The van der Waals surface area contributed by atoms with Gasteiger partial charge in [-0.2, -0.15) is 4.39 Å². The summed E-state index contributed by atoms with van der Waals surface area (Å²) in [7, 11) is 0. The van der Waals surface area contributed by atoms with Gasteiger partial charge in [0, 0.05) is 26.1 Å². The first-order valence-electron chi connectivity index (χ1n) is 10.1. The van der Waals surface area contributed by atoms with E-state index in [1.165, 1.54) is 0 Å². The van der Waals surface area contributed by atoms with Crippen molar-refractivity contribution < 1.29 is 13.9 Å². The number of pyridine rings is 1. The average Bonchev–Trinajstić information content (AvgIpc) is 2.94. The number of hydrogen-bond acceptors (Lipinski definition) is 4. The summed E-state index contributed by atoms with van der Waals surface area (Å²) < 4.78 is 19.8. The van der Waals surface area contributed by atoms with Crippen LogP contribution < -0.4 is 10.2 Å². The number of hydrogen-bond donors (Lipinski definition) is 1. The summed E-state index contributed by atoms with van der Waals surface area (Å²) in [5.74, 6) is -0.232. The third-order valence-corrected chi connectivity index (χ3v) is 4.33. The Balaban J connectivity index is 0.000000426. The molecule has 0 atom stereocenters. The largest absolute Gasteiger partial charge is 0.380 e. The lowest BCUT2D eigenvalue weighted by Crippen LogP contribution is -2.27. The van der Waals surface area contributed by atoms with Crippen LogP contribution in [0.15, 0.2) is 42.5 Å². The number of carbonyl (C=O) groups is 1. The van der Waals surface area contributed by atoms with Crippen LogP contribution in [0, 0.1) is 18.3 Å². The van der Waals surface area contributed by atoms with E-state index in [9.17, 15) is 9.18 Å². The molecule has 1 N–H and O–H groups in total. The smallest absolute Gasteiger partial charge is 0.238 e. The summed E-state index contributed by atoms with van der Waals surface area (Å²) in [5.41, 5.74) is 0.711. The molecule has 1 saturated heterocycles. The van der Waals surface area contributed by atoms with Gasteiger partial charge >= 0.3 is 0 Å². The molecule has 3 rings (SSSR count). The van der Waals surface area contributed by atoms with E-state index in [1.807, 2.05) is 68.1 Å². The van der Waals surface area contributed by atoms with Crippen molar-refractivity contribution in [1.82, 2.24) is 4.98 Å². The summed E-state index contributed by atoms with van der Waals surface area (Å²) >= 11 is 0. The fourth-order valence-corrected chi connectivity index (χ4v) is 2.95. The van der Waals surface area contributed by atoms with Gasteiger partial charge in [-0.25, -0.2) is 4.98 Å². The van der Waals surface area contributed by atoms with Crippen molar-refractivity contribution in [2.75, 3.05) is 36.5 Å². The number of amides is 1. The van der Waals surface area contributed by atoms with Gasteiger partial charge in [-0.05, 0) is 30.4 Å². The number of aryl methyl sites for hydroxylation is 1. The van der Waals surface area contributed by atoms with E-state index < -0.39 is 5.95 Å². The number of rotatable bonds is 3. The van der Waals surface area contributed by atoms with Crippen molar-refractivity contribution in [2.45, 2.75) is 40.5 Å². The lowest BCUT2D eigenvalue weighted by molar-refractivity contribution is -0.117. The summed E-state index contributed by atoms with van der Waals surface area (Å²) in [6.45, 7) is 10.5. The molecule has 29 heavy (non-hydrogen) atoms. The van der Waals surface area contributed by atoms with Gasteiger partial charge in [0.2, 0.25) is 11.9 Å². The molecular weight excluding hydrogens is 369 g/mol. The summed E-state index contributed by atoms with van der Waals surface area (Å²) in [4.78, 5) is 18.1. The lowest BCUT2D eigenvalue weighted by Gasteiger charge is -2.22. The molecule has 0 unspecified atom stereocenters. The van der Waals surface area contributed by atoms with Crippen LogP contribution >= 0.6 is 0 Å². The molecule has 158 valence electrons. The van der Waals surface area contributed by atoms with E-state index >= 15 is 0 Å². The normalized spacial score (nSPS) is 14.4. The highest BCUT2D eigenvalue weighted by Gasteiger charge is 2.20. The first-order valence-corrected chi connectivity index (χ1v) is 10.1. The Kier molecular flexibility index (Phi) is 8.58. The van der Waals surface area contributed by atoms with Gasteiger partial charge in [0.25, 0.3) is 0 Å². The number of aromatic nitrogens is 1. The van der Waals surface area contributed by atoms with Crippen molar-refractivity contribution >= 4 is 17.4 Å². The number of halogens is 1. The molecule has 0 saturated carbocycles. The van der Waals surface area contributed by atoms with Gasteiger partial charge in [-0.1, -0.05) is 57.2 Å². The highest BCUT2D eigenvalue weighted by molar-refractivity contribution is 5.92. The molecule has 2 aromatic rings. The van der Waals surface area contributed by atoms with E-state index in [1.54, 1.807) is 6.92 Å². The quantitative estimate of drug-likeness (QED) is 0.750. The minimum Gasteiger partial charge on any atom is -0.380 e. The molecular formula is C23H32FN3O2. The average molecular weight is 402 g/mol. The van der Waals surface area contributed by atoms with Crippen LogP contribution in [0.3, 0.4) is 0 Å². The molecule has 1 aliphatic rings. The summed E-state index contributed by atoms with van der Waals surface area (Å²) in [5, 5.41) is 2.66. The summed E-state index contributed by atoms with van der Waals surface area (Å²) in [6, 6.07) is 13.8. The van der Waals surface area contributed by atoms with Crippen molar-refractivity contribution in [1.29, 1.82) is 0 Å². The fraction of sp³-hybridized carbons (Fsp3) is 0.478. The number of anilines is 2. The Morgan fingerprint density at radius 1 is 1.14 bits per heavy atom. The van der Waals surface area contributed by atoms with Crippen LogP contribution in [-0.4, -0.2) is 37.2 Å². The van der Waals surface area contributed by atoms with Crippen molar-refractivity contribution in [3.05, 3.63) is 54.0 Å². The molecule has 2 heterocycles. The molecule has 1 aliphatic heterocycles. The Morgan fingerprint density at radius 3 is 2.31 bits per heavy atom. The highest BCUT2D eigenvalue weighted by atomic mass is 19.1. The molecule has 1 aromatic heterocycles. The van der Waals surface area contributed by atoms with Crippen molar-refractivity contribution in [3.8, 4) is 0 Å². The number of nitrogens with one attached hydrogen (secondary N) is 1. The second-order valence-corrected chi connectivity index (χ2v) is 8.36. The SMILES string of the molecule is Cc1cc(N2CCCOCC2)nc(F)c1NC(=O)CC(C)(C)C.c1ccccc1.